The molecule has 35 heavy (non-hydrogen) atoms. The van der Waals surface area contributed by atoms with Crippen LogP contribution in [0.15, 0.2) is 71.1 Å². The average Bonchev–Trinajstić information content (AvgIpc) is 3.27. The molecule has 4 aromatic rings. The molecule has 1 aliphatic rings. The standard InChI is InChI=1S/C27H23F3N2O3/c28-27(29,30)22-15-19(6-8-21(22)18-4-2-1-3-5-18)26-31-23-16-20(7-9-24(23)35-26)32-12-10-17(11-13-32)14-25(33)34/h1-9,15-17H,10-14H2,(H,33,34). The first-order valence-electron chi connectivity index (χ1n) is 11.4. The Bertz CT molecular complexity index is 1360. The van der Waals surface area contributed by atoms with Crippen LogP contribution in [0.2, 0.25) is 0 Å². The van der Waals surface area contributed by atoms with Crippen molar-refractivity contribution in [3.63, 3.8) is 0 Å². The second kappa shape index (κ2) is 9.09. The summed E-state index contributed by atoms with van der Waals surface area (Å²) in [5.74, 6) is -0.472. The predicted molar refractivity (Wildman–Crippen MR) is 127 cm³/mol. The molecular weight excluding hydrogens is 457 g/mol. The van der Waals surface area contributed by atoms with Crippen LogP contribution in [-0.4, -0.2) is 29.1 Å². The first kappa shape index (κ1) is 23.0. The van der Waals surface area contributed by atoms with E-state index in [0.717, 1.165) is 37.7 Å². The van der Waals surface area contributed by atoms with Gasteiger partial charge in [-0.25, -0.2) is 4.98 Å². The van der Waals surface area contributed by atoms with Crippen LogP contribution in [0.3, 0.4) is 0 Å². The van der Waals surface area contributed by atoms with Crippen LogP contribution in [0.5, 0.6) is 0 Å². The van der Waals surface area contributed by atoms with E-state index in [2.05, 4.69) is 9.88 Å². The minimum Gasteiger partial charge on any atom is -0.481 e. The summed E-state index contributed by atoms with van der Waals surface area (Å²) >= 11 is 0. The molecule has 0 bridgehead atoms. The van der Waals surface area contributed by atoms with Crippen LogP contribution in [-0.2, 0) is 11.0 Å². The number of rotatable bonds is 5. The third kappa shape index (κ3) is 4.87. The Kier molecular flexibility index (Phi) is 5.96. The molecule has 1 saturated heterocycles. The number of halogens is 3. The zero-order valence-electron chi connectivity index (χ0n) is 18.8. The van der Waals surface area contributed by atoms with Gasteiger partial charge in [-0.15, -0.1) is 0 Å². The highest BCUT2D eigenvalue weighted by Gasteiger charge is 2.34. The van der Waals surface area contributed by atoms with Gasteiger partial charge >= 0.3 is 12.1 Å². The van der Waals surface area contributed by atoms with E-state index in [1.165, 1.54) is 6.07 Å². The third-order valence-corrected chi connectivity index (χ3v) is 6.47. The normalized spacial score (nSPS) is 15.0. The Morgan fingerprint density at radius 2 is 1.74 bits per heavy atom. The second-order valence-electron chi connectivity index (χ2n) is 8.82. The number of oxazole rings is 1. The van der Waals surface area contributed by atoms with Crippen molar-refractivity contribution in [3.05, 3.63) is 72.3 Å². The molecule has 1 aliphatic heterocycles. The van der Waals surface area contributed by atoms with Crippen molar-refractivity contribution in [2.24, 2.45) is 5.92 Å². The lowest BCUT2D eigenvalue weighted by molar-refractivity contribution is -0.138. The molecule has 5 nitrogen and oxygen atoms in total. The summed E-state index contributed by atoms with van der Waals surface area (Å²) < 4.78 is 47.5. The molecule has 1 N–H and O–H groups in total. The Labute approximate surface area is 199 Å². The van der Waals surface area contributed by atoms with E-state index in [4.69, 9.17) is 9.52 Å². The number of fused-ring (bicyclic) bond motifs is 1. The second-order valence-corrected chi connectivity index (χ2v) is 8.82. The number of aromatic nitrogens is 1. The van der Waals surface area contributed by atoms with Crippen molar-refractivity contribution in [2.75, 3.05) is 18.0 Å². The third-order valence-electron chi connectivity index (χ3n) is 6.47. The van der Waals surface area contributed by atoms with Crippen molar-refractivity contribution in [3.8, 4) is 22.6 Å². The summed E-state index contributed by atoms with van der Waals surface area (Å²) in [6.45, 7) is 1.48. The van der Waals surface area contributed by atoms with Crippen molar-refractivity contribution >= 4 is 22.8 Å². The van der Waals surface area contributed by atoms with E-state index >= 15 is 0 Å². The van der Waals surface area contributed by atoms with Crippen molar-refractivity contribution in [1.29, 1.82) is 0 Å². The molecule has 0 aliphatic carbocycles. The van der Waals surface area contributed by atoms with Crippen LogP contribution in [0.1, 0.15) is 24.8 Å². The maximum Gasteiger partial charge on any atom is 0.417 e. The molecule has 1 aromatic heterocycles. The quantitative estimate of drug-likeness (QED) is 0.338. The molecule has 0 radical (unpaired) electrons. The summed E-state index contributed by atoms with van der Waals surface area (Å²) in [5, 5.41) is 9.00. The van der Waals surface area contributed by atoms with Crippen molar-refractivity contribution < 1.29 is 27.5 Å². The fourth-order valence-corrected chi connectivity index (χ4v) is 4.66. The maximum atomic E-state index is 13.9. The summed E-state index contributed by atoms with van der Waals surface area (Å²) in [7, 11) is 0. The number of hydrogen-bond acceptors (Lipinski definition) is 4. The van der Waals surface area contributed by atoms with Gasteiger partial charge in [0.05, 0.1) is 5.56 Å². The molecule has 0 saturated carbocycles. The van der Waals surface area contributed by atoms with Gasteiger partial charge in [-0.3, -0.25) is 4.79 Å². The predicted octanol–water partition coefficient (Wildman–Crippen LogP) is 6.87. The smallest absolute Gasteiger partial charge is 0.417 e. The minimum absolute atomic E-state index is 0.103. The molecule has 0 atom stereocenters. The molecule has 0 spiro atoms. The molecule has 180 valence electrons. The molecule has 0 unspecified atom stereocenters. The fourth-order valence-electron chi connectivity index (χ4n) is 4.66. The lowest BCUT2D eigenvalue weighted by Gasteiger charge is -2.33. The van der Waals surface area contributed by atoms with Crippen LogP contribution < -0.4 is 4.90 Å². The summed E-state index contributed by atoms with van der Waals surface area (Å²) in [5.41, 5.74) is 2.09. The van der Waals surface area contributed by atoms with E-state index in [9.17, 15) is 18.0 Å². The minimum atomic E-state index is -4.53. The number of aliphatic carboxylic acids is 1. The van der Waals surface area contributed by atoms with Gasteiger partial charge in [0, 0.05) is 30.8 Å². The Balaban J connectivity index is 1.43. The van der Waals surface area contributed by atoms with E-state index < -0.39 is 17.7 Å². The monoisotopic (exact) mass is 480 g/mol. The number of anilines is 1. The number of benzene rings is 3. The first-order chi connectivity index (χ1) is 16.8. The molecule has 1 fully saturated rings. The maximum absolute atomic E-state index is 13.9. The van der Waals surface area contributed by atoms with E-state index in [0.29, 0.717) is 16.7 Å². The molecule has 2 heterocycles. The van der Waals surface area contributed by atoms with Crippen molar-refractivity contribution in [1.82, 2.24) is 4.98 Å². The zero-order valence-corrected chi connectivity index (χ0v) is 18.8. The Hall–Kier alpha value is -3.81. The number of carbonyl (C=O) groups is 1. The van der Waals surface area contributed by atoms with Crippen LogP contribution in [0, 0.1) is 5.92 Å². The summed E-state index contributed by atoms with van der Waals surface area (Å²) in [6, 6.07) is 18.1. The number of hydrogen-bond donors (Lipinski definition) is 1. The van der Waals surface area contributed by atoms with Gasteiger partial charge in [-0.1, -0.05) is 36.4 Å². The van der Waals surface area contributed by atoms with Gasteiger partial charge in [-0.05, 0) is 60.2 Å². The summed E-state index contributed by atoms with van der Waals surface area (Å²) in [4.78, 5) is 17.6. The van der Waals surface area contributed by atoms with Gasteiger partial charge in [0.15, 0.2) is 5.58 Å². The Morgan fingerprint density at radius 1 is 1.00 bits per heavy atom. The highest BCUT2D eigenvalue weighted by molar-refractivity contribution is 5.81. The first-order valence-corrected chi connectivity index (χ1v) is 11.4. The SMILES string of the molecule is O=C(O)CC1CCN(c2ccc3oc(-c4ccc(-c5ccccc5)c(C(F)(F)F)c4)nc3c2)CC1. The van der Waals surface area contributed by atoms with E-state index in [-0.39, 0.29) is 29.4 Å². The zero-order chi connectivity index (χ0) is 24.6. The summed E-state index contributed by atoms with van der Waals surface area (Å²) in [6.07, 6.45) is -2.76. The van der Waals surface area contributed by atoms with Gasteiger partial charge in [0.1, 0.15) is 5.52 Å². The van der Waals surface area contributed by atoms with Crippen LogP contribution >= 0.6 is 0 Å². The molecule has 8 heteroatoms. The van der Waals surface area contributed by atoms with Gasteiger partial charge in [-0.2, -0.15) is 13.2 Å². The van der Waals surface area contributed by atoms with Gasteiger partial charge in [0.25, 0.3) is 0 Å². The van der Waals surface area contributed by atoms with E-state index in [1.807, 2.05) is 12.1 Å². The molecule has 3 aromatic carbocycles. The average molecular weight is 480 g/mol. The lowest BCUT2D eigenvalue weighted by Crippen LogP contribution is -2.34. The number of carboxylic acid groups (broad SMARTS) is 1. The number of piperidine rings is 1. The number of alkyl halides is 3. The largest absolute Gasteiger partial charge is 0.481 e. The highest BCUT2D eigenvalue weighted by atomic mass is 19.4. The van der Waals surface area contributed by atoms with Gasteiger partial charge < -0.3 is 14.4 Å². The number of carboxylic acids is 1. The lowest BCUT2D eigenvalue weighted by atomic mass is 9.93. The topological polar surface area (TPSA) is 66.6 Å². The van der Waals surface area contributed by atoms with E-state index in [1.54, 1.807) is 42.5 Å². The van der Waals surface area contributed by atoms with Crippen LogP contribution in [0.4, 0.5) is 18.9 Å². The van der Waals surface area contributed by atoms with Crippen molar-refractivity contribution in [2.45, 2.75) is 25.4 Å². The highest BCUT2D eigenvalue weighted by Crippen LogP contribution is 2.40. The van der Waals surface area contributed by atoms with Crippen LogP contribution in [0.25, 0.3) is 33.7 Å². The fraction of sp³-hybridized carbons (Fsp3) is 0.259. The number of nitrogens with zero attached hydrogens (tertiary/aromatic N) is 2. The molecular formula is C27H23F3N2O3. The molecule has 5 rings (SSSR count). The molecule has 0 amide bonds. The Morgan fingerprint density at radius 3 is 2.43 bits per heavy atom. The van der Waals surface area contributed by atoms with Gasteiger partial charge in [0.2, 0.25) is 5.89 Å².